The number of hydrogen-bond donors (Lipinski definition) is 0. The maximum absolute atomic E-state index is 12.8. The van der Waals surface area contributed by atoms with Crippen molar-refractivity contribution in [1.29, 1.82) is 0 Å². The van der Waals surface area contributed by atoms with Crippen LogP contribution in [0, 0.1) is 10.1 Å². The summed E-state index contributed by atoms with van der Waals surface area (Å²) in [6, 6.07) is 15.6. The van der Waals surface area contributed by atoms with Gasteiger partial charge in [0.1, 0.15) is 29.2 Å². The molecule has 230 valence electrons. The van der Waals surface area contributed by atoms with E-state index in [-0.39, 0.29) is 11.6 Å². The fraction of sp³-hybridized carbons (Fsp3) is 0.387. The Morgan fingerprint density at radius 3 is 2.33 bits per heavy atom. The molecule has 1 unspecified atom stereocenters. The summed E-state index contributed by atoms with van der Waals surface area (Å²) in [6.07, 6.45) is 1.75. The molecule has 0 N–H and O–H groups in total. The van der Waals surface area contributed by atoms with Crippen LogP contribution in [0.1, 0.15) is 30.7 Å². The smallest absolute Gasteiger partial charge is 0.271 e. The van der Waals surface area contributed by atoms with E-state index in [0.717, 1.165) is 42.1 Å². The van der Waals surface area contributed by atoms with Gasteiger partial charge in [0, 0.05) is 42.1 Å². The van der Waals surface area contributed by atoms with Crippen LogP contribution in [0.5, 0.6) is 28.7 Å². The van der Waals surface area contributed by atoms with Crippen molar-refractivity contribution < 1.29 is 33.4 Å². The van der Waals surface area contributed by atoms with Gasteiger partial charge in [0.2, 0.25) is 5.91 Å². The summed E-state index contributed by atoms with van der Waals surface area (Å²) in [5.41, 5.74) is 1.22. The maximum atomic E-state index is 12.8. The molecule has 0 spiro atoms. The SMILES string of the molecule is COc1ccc(OCCCCN(C)CCOc2ccc(OC)c(OC)c2)c(C2Sc3ccc([N+](=O)[O-])cc3N2C(C)=O)c1. The molecule has 0 radical (unpaired) electrons. The molecule has 3 aromatic carbocycles. The van der Waals surface area contributed by atoms with Crippen molar-refractivity contribution in [1.82, 2.24) is 4.90 Å². The van der Waals surface area contributed by atoms with Crippen molar-refractivity contribution in [3.05, 3.63) is 70.3 Å². The molecule has 1 heterocycles. The minimum absolute atomic E-state index is 0.0640. The minimum atomic E-state index is -0.459. The van der Waals surface area contributed by atoms with Crippen LogP contribution in [0.25, 0.3) is 0 Å². The number of nitro benzene ring substituents is 1. The molecular formula is C31H37N3O8S. The van der Waals surface area contributed by atoms with Crippen LogP contribution in [0.3, 0.4) is 0 Å². The number of anilines is 1. The maximum Gasteiger partial charge on any atom is 0.271 e. The average Bonchev–Trinajstić information content (AvgIpc) is 3.40. The van der Waals surface area contributed by atoms with Gasteiger partial charge >= 0.3 is 0 Å². The monoisotopic (exact) mass is 611 g/mol. The summed E-state index contributed by atoms with van der Waals surface area (Å²) in [4.78, 5) is 28.2. The lowest BCUT2D eigenvalue weighted by atomic mass is 10.1. The van der Waals surface area contributed by atoms with Gasteiger partial charge in [0.05, 0.1) is 38.5 Å². The number of methoxy groups -OCH3 is 3. The molecule has 1 aliphatic heterocycles. The fourth-order valence-electron chi connectivity index (χ4n) is 4.73. The summed E-state index contributed by atoms with van der Waals surface area (Å²) >= 11 is 1.45. The number of nitro groups is 1. The normalized spacial score (nSPS) is 13.9. The number of carbonyl (C=O) groups is 1. The number of carbonyl (C=O) groups excluding carboxylic acids is 1. The topological polar surface area (TPSA) is 113 Å². The minimum Gasteiger partial charge on any atom is -0.497 e. The zero-order valence-electron chi connectivity index (χ0n) is 25.0. The summed E-state index contributed by atoms with van der Waals surface area (Å²) in [6.45, 7) is 4.12. The van der Waals surface area contributed by atoms with E-state index < -0.39 is 10.3 Å². The van der Waals surface area contributed by atoms with Gasteiger partial charge in [0.25, 0.3) is 5.69 Å². The highest BCUT2D eigenvalue weighted by atomic mass is 32.2. The number of ether oxygens (including phenoxy) is 5. The zero-order valence-corrected chi connectivity index (χ0v) is 25.8. The first kappa shape index (κ1) is 31.8. The molecule has 0 aliphatic carbocycles. The van der Waals surface area contributed by atoms with Crippen LogP contribution in [0.2, 0.25) is 0 Å². The number of fused-ring (bicyclic) bond motifs is 1. The van der Waals surface area contributed by atoms with Gasteiger partial charge in [-0.05, 0) is 62.8 Å². The third-order valence-corrected chi connectivity index (χ3v) is 8.28. The number of non-ortho nitro benzene ring substituents is 1. The predicted molar refractivity (Wildman–Crippen MR) is 165 cm³/mol. The van der Waals surface area contributed by atoms with Gasteiger partial charge in [-0.2, -0.15) is 0 Å². The van der Waals surface area contributed by atoms with Crippen LogP contribution in [0.4, 0.5) is 11.4 Å². The first-order chi connectivity index (χ1) is 20.7. The lowest BCUT2D eigenvalue weighted by Crippen LogP contribution is -2.28. The Morgan fingerprint density at radius 1 is 0.884 bits per heavy atom. The Bertz CT molecular complexity index is 1440. The van der Waals surface area contributed by atoms with Crippen LogP contribution < -0.4 is 28.6 Å². The number of unbranched alkanes of at least 4 members (excludes halogenated alkanes) is 1. The summed E-state index contributed by atoms with van der Waals surface area (Å²) in [5.74, 6) is 3.06. The number of rotatable bonds is 15. The number of benzene rings is 3. The number of amides is 1. The Balaban J connectivity index is 1.31. The van der Waals surface area contributed by atoms with Crippen molar-refractivity contribution in [2.75, 3.05) is 59.6 Å². The summed E-state index contributed by atoms with van der Waals surface area (Å²) in [5, 5.41) is 10.9. The quantitative estimate of drug-likeness (QED) is 0.116. The van der Waals surface area contributed by atoms with E-state index >= 15 is 0 Å². The Kier molecular flexibility index (Phi) is 11.0. The third-order valence-electron chi connectivity index (χ3n) is 7.00. The molecular weight excluding hydrogens is 574 g/mol. The van der Waals surface area contributed by atoms with Gasteiger partial charge in [-0.25, -0.2) is 0 Å². The Morgan fingerprint density at radius 2 is 1.63 bits per heavy atom. The van der Waals surface area contributed by atoms with E-state index in [1.54, 1.807) is 32.3 Å². The fourth-order valence-corrected chi connectivity index (χ4v) is 6.07. The molecule has 3 aromatic rings. The molecule has 0 aromatic heterocycles. The first-order valence-electron chi connectivity index (χ1n) is 13.8. The van der Waals surface area contributed by atoms with Crippen molar-refractivity contribution in [3.8, 4) is 28.7 Å². The highest BCUT2D eigenvalue weighted by Crippen LogP contribution is 2.54. The lowest BCUT2D eigenvalue weighted by molar-refractivity contribution is -0.384. The molecule has 0 saturated carbocycles. The molecule has 0 saturated heterocycles. The van der Waals surface area contributed by atoms with Gasteiger partial charge in [-0.3, -0.25) is 19.8 Å². The molecule has 0 bridgehead atoms. The van der Waals surface area contributed by atoms with E-state index in [2.05, 4.69) is 11.9 Å². The first-order valence-corrected chi connectivity index (χ1v) is 14.7. The molecule has 12 heteroatoms. The number of hydrogen-bond acceptors (Lipinski definition) is 10. The number of likely N-dealkylation sites (N-methyl/N-ethyl adjacent to an activating group) is 1. The van der Waals surface area contributed by atoms with E-state index in [1.807, 2.05) is 36.4 Å². The number of nitrogens with zero attached hydrogens (tertiary/aromatic N) is 3. The Labute approximate surface area is 255 Å². The highest BCUT2D eigenvalue weighted by Gasteiger charge is 2.37. The molecule has 1 amide bonds. The van der Waals surface area contributed by atoms with E-state index in [0.29, 0.717) is 41.9 Å². The second-order valence-corrected chi connectivity index (χ2v) is 11.0. The van der Waals surface area contributed by atoms with Gasteiger partial charge in [0.15, 0.2) is 11.5 Å². The second kappa shape index (κ2) is 14.8. The van der Waals surface area contributed by atoms with Crippen molar-refractivity contribution in [2.24, 2.45) is 0 Å². The summed E-state index contributed by atoms with van der Waals surface area (Å²) < 4.78 is 28.1. The van der Waals surface area contributed by atoms with Crippen LogP contribution in [0.15, 0.2) is 59.5 Å². The van der Waals surface area contributed by atoms with E-state index in [9.17, 15) is 14.9 Å². The van der Waals surface area contributed by atoms with E-state index in [4.69, 9.17) is 23.7 Å². The molecule has 0 fully saturated rings. The van der Waals surface area contributed by atoms with Gasteiger partial charge < -0.3 is 28.6 Å². The van der Waals surface area contributed by atoms with Crippen molar-refractivity contribution in [3.63, 3.8) is 0 Å². The van der Waals surface area contributed by atoms with Crippen molar-refractivity contribution >= 4 is 29.0 Å². The van der Waals surface area contributed by atoms with Gasteiger partial charge in [-0.15, -0.1) is 0 Å². The van der Waals surface area contributed by atoms with Crippen molar-refractivity contribution in [2.45, 2.75) is 30.0 Å². The molecule has 4 rings (SSSR count). The predicted octanol–water partition coefficient (Wildman–Crippen LogP) is 5.95. The van der Waals surface area contributed by atoms with Crippen LogP contribution in [-0.4, -0.2) is 70.4 Å². The van der Waals surface area contributed by atoms with Crippen LogP contribution >= 0.6 is 11.8 Å². The number of thioether (sulfide) groups is 1. The molecule has 43 heavy (non-hydrogen) atoms. The standard InChI is InChI=1S/C31H37N3O8S/c1-21(35)33-26-18-22(34(36)37)8-13-30(26)43-31(33)25-19-23(38-3)9-11-27(25)42-16-7-6-14-32(2)15-17-41-24-10-12-28(39-4)29(20-24)40-5/h8-13,18-20,31H,6-7,14-17H2,1-5H3. The molecule has 11 nitrogen and oxygen atoms in total. The Hall–Kier alpha value is -4.16. The second-order valence-electron chi connectivity index (χ2n) is 9.90. The highest BCUT2D eigenvalue weighted by molar-refractivity contribution is 8.00. The molecule has 1 atom stereocenters. The third kappa shape index (κ3) is 7.82. The average molecular weight is 612 g/mol. The van der Waals surface area contributed by atoms with E-state index in [1.165, 1.54) is 30.8 Å². The zero-order chi connectivity index (χ0) is 30.9. The van der Waals surface area contributed by atoms with Crippen LogP contribution in [-0.2, 0) is 4.79 Å². The molecule has 1 aliphatic rings. The largest absolute Gasteiger partial charge is 0.497 e. The van der Waals surface area contributed by atoms with Gasteiger partial charge in [-0.1, -0.05) is 11.8 Å². The lowest BCUT2D eigenvalue weighted by Gasteiger charge is -2.25. The summed E-state index contributed by atoms with van der Waals surface area (Å²) in [7, 11) is 6.83.